The summed E-state index contributed by atoms with van der Waals surface area (Å²) in [5.74, 6) is 0.602. The lowest BCUT2D eigenvalue weighted by molar-refractivity contribution is 1.09. The van der Waals surface area contributed by atoms with E-state index in [4.69, 9.17) is 0 Å². The summed E-state index contributed by atoms with van der Waals surface area (Å²) in [6, 6.07) is 3.54. The van der Waals surface area contributed by atoms with Crippen molar-refractivity contribution >= 4 is 15.9 Å². The fourth-order valence-corrected chi connectivity index (χ4v) is 1.20. The summed E-state index contributed by atoms with van der Waals surface area (Å²) >= 11 is 3.25. The van der Waals surface area contributed by atoms with Crippen LogP contribution in [0.2, 0.25) is 0 Å². The van der Waals surface area contributed by atoms with Crippen LogP contribution in [-0.2, 0) is 0 Å². The largest absolute Gasteiger partial charge is 0.235 e. The highest BCUT2D eigenvalue weighted by atomic mass is 79.9. The number of hydrogen-bond donors (Lipinski definition) is 0. The molecule has 0 aromatic carbocycles. The Morgan fingerprint density at radius 2 is 1.77 bits per heavy atom. The van der Waals surface area contributed by atoms with Crippen molar-refractivity contribution < 1.29 is 0 Å². The lowest BCUT2D eigenvalue weighted by atomic mass is 10.4. The molecule has 0 unspecified atom stereocenters. The van der Waals surface area contributed by atoms with E-state index in [2.05, 4.69) is 35.9 Å². The lowest BCUT2D eigenvalue weighted by Crippen LogP contribution is -1.90. The van der Waals surface area contributed by atoms with Gasteiger partial charge in [0.2, 0.25) is 0 Å². The molecule has 0 saturated heterocycles. The van der Waals surface area contributed by atoms with E-state index < -0.39 is 0 Å². The first-order valence-electron chi connectivity index (χ1n) is 3.61. The predicted molar refractivity (Wildman–Crippen MR) is 50.8 cm³/mol. The van der Waals surface area contributed by atoms with E-state index in [1.54, 1.807) is 24.5 Å². The van der Waals surface area contributed by atoms with Crippen LogP contribution in [-0.4, -0.2) is 19.9 Å². The fraction of sp³-hybridized carbons (Fsp3) is 0. The van der Waals surface area contributed by atoms with Crippen LogP contribution in [0.25, 0.3) is 11.5 Å². The Morgan fingerprint density at radius 1 is 1.00 bits per heavy atom. The highest BCUT2D eigenvalue weighted by Gasteiger charge is 2.01. The second-order valence-corrected chi connectivity index (χ2v) is 3.11. The van der Waals surface area contributed by atoms with Crippen molar-refractivity contribution in [3.05, 3.63) is 35.5 Å². The minimum atomic E-state index is 0.602. The second kappa shape index (κ2) is 3.57. The maximum absolute atomic E-state index is 4.07. The molecule has 4 nitrogen and oxygen atoms in total. The molecule has 2 rings (SSSR count). The summed E-state index contributed by atoms with van der Waals surface area (Å²) in [6.45, 7) is 0. The molecule has 13 heavy (non-hydrogen) atoms. The van der Waals surface area contributed by atoms with Crippen molar-refractivity contribution in [2.75, 3.05) is 0 Å². The number of halogens is 1. The van der Waals surface area contributed by atoms with Crippen molar-refractivity contribution in [3.63, 3.8) is 0 Å². The van der Waals surface area contributed by atoms with Crippen LogP contribution in [0.1, 0.15) is 0 Å². The SMILES string of the molecule is Brc1cc(-c2ncccn2)ncn1. The van der Waals surface area contributed by atoms with Crippen LogP contribution >= 0.6 is 15.9 Å². The number of aromatic nitrogens is 4. The topological polar surface area (TPSA) is 51.6 Å². The van der Waals surface area contributed by atoms with Gasteiger partial charge in [0.1, 0.15) is 16.6 Å². The normalized spacial score (nSPS) is 9.92. The molecule has 0 aliphatic carbocycles. The van der Waals surface area contributed by atoms with Crippen molar-refractivity contribution in [3.8, 4) is 11.5 Å². The maximum Gasteiger partial charge on any atom is 0.178 e. The van der Waals surface area contributed by atoms with E-state index in [1.807, 2.05) is 0 Å². The third-order valence-electron chi connectivity index (χ3n) is 1.43. The van der Waals surface area contributed by atoms with E-state index in [9.17, 15) is 0 Å². The van der Waals surface area contributed by atoms with Crippen LogP contribution in [0.5, 0.6) is 0 Å². The van der Waals surface area contributed by atoms with Gasteiger partial charge in [-0.3, -0.25) is 0 Å². The molecule has 2 aromatic rings. The molecule has 0 aliphatic heterocycles. The number of nitrogens with zero attached hydrogens (tertiary/aromatic N) is 4. The van der Waals surface area contributed by atoms with E-state index in [0.717, 1.165) is 4.60 Å². The average molecular weight is 237 g/mol. The van der Waals surface area contributed by atoms with Crippen molar-refractivity contribution in [2.45, 2.75) is 0 Å². The summed E-state index contributed by atoms with van der Waals surface area (Å²) < 4.78 is 0.727. The number of hydrogen-bond acceptors (Lipinski definition) is 4. The first kappa shape index (κ1) is 8.25. The van der Waals surface area contributed by atoms with Crippen molar-refractivity contribution in [1.29, 1.82) is 0 Å². The van der Waals surface area contributed by atoms with Gasteiger partial charge in [-0.05, 0) is 22.0 Å². The van der Waals surface area contributed by atoms with E-state index in [1.165, 1.54) is 6.33 Å². The van der Waals surface area contributed by atoms with Gasteiger partial charge in [0.25, 0.3) is 0 Å². The molecule has 0 fully saturated rings. The molecule has 0 bridgehead atoms. The first-order chi connectivity index (χ1) is 6.36. The minimum absolute atomic E-state index is 0.602. The first-order valence-corrected chi connectivity index (χ1v) is 4.40. The van der Waals surface area contributed by atoms with Gasteiger partial charge in [-0.2, -0.15) is 0 Å². The van der Waals surface area contributed by atoms with E-state index in [-0.39, 0.29) is 0 Å². The van der Waals surface area contributed by atoms with E-state index in [0.29, 0.717) is 11.5 Å². The highest BCUT2D eigenvalue weighted by Crippen LogP contribution is 2.13. The van der Waals surface area contributed by atoms with Crippen molar-refractivity contribution in [1.82, 2.24) is 19.9 Å². The summed E-state index contributed by atoms with van der Waals surface area (Å²) in [4.78, 5) is 16.1. The number of rotatable bonds is 1. The fourth-order valence-electron chi connectivity index (χ4n) is 0.887. The molecule has 0 atom stereocenters. The van der Waals surface area contributed by atoms with Gasteiger partial charge in [0, 0.05) is 18.5 Å². The molecule has 2 heterocycles. The Hall–Kier alpha value is -1.36. The van der Waals surface area contributed by atoms with Crippen LogP contribution in [0.3, 0.4) is 0 Å². The molecule has 0 radical (unpaired) electrons. The Labute approximate surface area is 83.2 Å². The Morgan fingerprint density at radius 3 is 2.46 bits per heavy atom. The molecule has 5 heteroatoms. The molecule has 0 amide bonds. The Bertz CT molecular complexity index is 404. The monoisotopic (exact) mass is 236 g/mol. The van der Waals surface area contributed by atoms with Gasteiger partial charge < -0.3 is 0 Å². The molecule has 0 N–H and O–H groups in total. The average Bonchev–Trinajstić information content (AvgIpc) is 2.19. The molecular formula is C8H5BrN4. The minimum Gasteiger partial charge on any atom is -0.235 e. The van der Waals surface area contributed by atoms with Gasteiger partial charge in [-0.25, -0.2) is 19.9 Å². The predicted octanol–water partition coefficient (Wildman–Crippen LogP) is 1.70. The Balaban J connectivity index is 2.48. The standard InChI is InChI=1S/C8H5BrN4/c9-7-4-6(12-5-13-7)8-10-2-1-3-11-8/h1-5H. The third-order valence-corrected chi connectivity index (χ3v) is 1.86. The van der Waals surface area contributed by atoms with Gasteiger partial charge in [-0.15, -0.1) is 0 Å². The van der Waals surface area contributed by atoms with Gasteiger partial charge in [-0.1, -0.05) is 0 Å². The molecule has 2 aromatic heterocycles. The van der Waals surface area contributed by atoms with Gasteiger partial charge >= 0.3 is 0 Å². The van der Waals surface area contributed by atoms with Crippen LogP contribution < -0.4 is 0 Å². The summed E-state index contributed by atoms with van der Waals surface area (Å²) in [5.41, 5.74) is 0.711. The lowest BCUT2D eigenvalue weighted by Gasteiger charge is -1.96. The quantitative estimate of drug-likeness (QED) is 0.708. The van der Waals surface area contributed by atoms with Crippen LogP contribution in [0.4, 0.5) is 0 Å². The van der Waals surface area contributed by atoms with E-state index >= 15 is 0 Å². The molecular weight excluding hydrogens is 232 g/mol. The van der Waals surface area contributed by atoms with Crippen LogP contribution in [0.15, 0.2) is 35.5 Å². The zero-order valence-corrected chi connectivity index (χ0v) is 8.14. The summed E-state index contributed by atoms with van der Waals surface area (Å²) in [6.07, 6.45) is 4.83. The summed E-state index contributed by atoms with van der Waals surface area (Å²) in [7, 11) is 0. The van der Waals surface area contributed by atoms with Gasteiger partial charge in [0.05, 0.1) is 0 Å². The second-order valence-electron chi connectivity index (χ2n) is 2.30. The summed E-state index contributed by atoms with van der Waals surface area (Å²) in [5, 5.41) is 0. The molecule has 0 saturated carbocycles. The van der Waals surface area contributed by atoms with Gasteiger partial charge in [0.15, 0.2) is 5.82 Å². The van der Waals surface area contributed by atoms with Crippen LogP contribution in [0, 0.1) is 0 Å². The third kappa shape index (κ3) is 1.86. The smallest absolute Gasteiger partial charge is 0.178 e. The highest BCUT2D eigenvalue weighted by molar-refractivity contribution is 9.10. The molecule has 0 aliphatic rings. The maximum atomic E-state index is 4.07. The zero-order valence-electron chi connectivity index (χ0n) is 6.55. The van der Waals surface area contributed by atoms with Crippen molar-refractivity contribution in [2.24, 2.45) is 0 Å². The molecule has 64 valence electrons. The zero-order chi connectivity index (χ0) is 9.10. The Kier molecular flexibility index (Phi) is 2.27. The molecule has 0 spiro atoms.